The summed E-state index contributed by atoms with van der Waals surface area (Å²) in [5, 5.41) is 9.86. The molecule has 0 fully saturated rings. The Morgan fingerprint density at radius 3 is 2.54 bits per heavy atom. The average molecular weight is 520 g/mol. The SMILES string of the molecule is CCNC(=NCc1nc(C)c(C)o1)NCCCC(=O)Nc1ccc(Cl)cc1.I. The monoisotopic (exact) mass is 519 g/mol. The molecule has 1 aromatic heterocycles. The van der Waals surface area contributed by atoms with E-state index < -0.39 is 0 Å². The number of rotatable bonds is 8. The fourth-order valence-corrected chi connectivity index (χ4v) is 2.43. The van der Waals surface area contributed by atoms with Gasteiger partial charge in [0.2, 0.25) is 11.8 Å². The number of nitrogens with one attached hydrogen (secondary N) is 3. The topological polar surface area (TPSA) is 91.6 Å². The molecule has 2 aromatic rings. The lowest BCUT2D eigenvalue weighted by molar-refractivity contribution is -0.116. The second kappa shape index (κ2) is 12.6. The Morgan fingerprint density at radius 1 is 1.21 bits per heavy atom. The van der Waals surface area contributed by atoms with Crippen LogP contribution in [0.5, 0.6) is 0 Å². The molecule has 0 aliphatic carbocycles. The molecule has 9 heteroatoms. The normalized spacial score (nSPS) is 10.9. The molecule has 0 bridgehead atoms. The van der Waals surface area contributed by atoms with Crippen LogP contribution < -0.4 is 16.0 Å². The Bertz CT molecular complexity index is 758. The molecule has 0 aliphatic rings. The summed E-state index contributed by atoms with van der Waals surface area (Å²) in [4.78, 5) is 20.7. The third kappa shape index (κ3) is 8.47. The van der Waals surface area contributed by atoms with Crippen molar-refractivity contribution in [3.05, 3.63) is 46.6 Å². The number of aromatic nitrogens is 1. The number of amides is 1. The molecule has 0 aliphatic heterocycles. The summed E-state index contributed by atoms with van der Waals surface area (Å²) in [5.74, 6) is 2.03. The summed E-state index contributed by atoms with van der Waals surface area (Å²) in [6.07, 6.45) is 1.09. The van der Waals surface area contributed by atoms with Crippen LogP contribution in [0.2, 0.25) is 5.02 Å². The molecule has 0 radical (unpaired) electrons. The molecule has 0 unspecified atom stereocenters. The maximum Gasteiger partial charge on any atom is 0.224 e. The highest BCUT2D eigenvalue weighted by atomic mass is 127. The minimum Gasteiger partial charge on any atom is -0.444 e. The second-order valence-corrected chi connectivity index (χ2v) is 6.47. The molecule has 1 heterocycles. The van der Waals surface area contributed by atoms with Crippen LogP contribution in [-0.4, -0.2) is 29.9 Å². The van der Waals surface area contributed by atoms with Gasteiger partial charge in [-0.15, -0.1) is 24.0 Å². The van der Waals surface area contributed by atoms with E-state index in [9.17, 15) is 4.79 Å². The number of aliphatic imine (C=N–C) groups is 1. The minimum absolute atomic E-state index is 0. The zero-order chi connectivity index (χ0) is 19.6. The summed E-state index contributed by atoms with van der Waals surface area (Å²) in [7, 11) is 0. The number of carbonyl (C=O) groups is 1. The lowest BCUT2D eigenvalue weighted by Crippen LogP contribution is -2.38. The van der Waals surface area contributed by atoms with E-state index >= 15 is 0 Å². The van der Waals surface area contributed by atoms with Gasteiger partial charge in [-0.3, -0.25) is 4.79 Å². The van der Waals surface area contributed by atoms with Crippen molar-refractivity contribution in [1.29, 1.82) is 0 Å². The van der Waals surface area contributed by atoms with E-state index in [-0.39, 0.29) is 29.9 Å². The van der Waals surface area contributed by atoms with Gasteiger partial charge >= 0.3 is 0 Å². The van der Waals surface area contributed by atoms with E-state index in [0.29, 0.717) is 42.8 Å². The molecule has 3 N–H and O–H groups in total. The number of oxazole rings is 1. The van der Waals surface area contributed by atoms with Crippen LogP contribution in [0.25, 0.3) is 0 Å². The van der Waals surface area contributed by atoms with Crippen molar-refractivity contribution in [2.24, 2.45) is 4.99 Å². The number of hydrogen-bond acceptors (Lipinski definition) is 4. The minimum atomic E-state index is -0.0354. The molecule has 2 rings (SSSR count). The number of nitrogens with zero attached hydrogens (tertiary/aromatic N) is 2. The van der Waals surface area contributed by atoms with Gasteiger partial charge in [-0.25, -0.2) is 9.98 Å². The first-order valence-corrected chi connectivity index (χ1v) is 9.36. The van der Waals surface area contributed by atoms with Crippen molar-refractivity contribution in [3.63, 3.8) is 0 Å². The van der Waals surface area contributed by atoms with Crippen molar-refractivity contribution in [3.8, 4) is 0 Å². The van der Waals surface area contributed by atoms with Crippen molar-refractivity contribution >= 4 is 53.1 Å². The Hall–Kier alpha value is -1.81. The predicted molar refractivity (Wildman–Crippen MR) is 124 cm³/mol. The van der Waals surface area contributed by atoms with Crippen LogP contribution in [0, 0.1) is 13.8 Å². The molecule has 28 heavy (non-hydrogen) atoms. The van der Waals surface area contributed by atoms with Gasteiger partial charge in [0, 0.05) is 30.2 Å². The number of halogens is 2. The first-order chi connectivity index (χ1) is 13.0. The van der Waals surface area contributed by atoms with E-state index in [1.165, 1.54) is 0 Å². The van der Waals surface area contributed by atoms with Crippen molar-refractivity contribution in [1.82, 2.24) is 15.6 Å². The molecule has 0 atom stereocenters. The fraction of sp³-hybridized carbons (Fsp3) is 0.421. The number of carbonyl (C=O) groups excluding carboxylic acids is 1. The molecular formula is C19H27ClIN5O2. The van der Waals surface area contributed by atoms with E-state index in [1.54, 1.807) is 24.3 Å². The number of guanidine groups is 1. The van der Waals surface area contributed by atoms with E-state index in [2.05, 4.69) is 25.9 Å². The maximum absolute atomic E-state index is 12.0. The Balaban J connectivity index is 0.00000392. The highest BCUT2D eigenvalue weighted by molar-refractivity contribution is 14.0. The van der Waals surface area contributed by atoms with Gasteiger partial charge < -0.3 is 20.4 Å². The number of hydrogen-bond donors (Lipinski definition) is 3. The quantitative estimate of drug-likeness (QED) is 0.212. The second-order valence-electron chi connectivity index (χ2n) is 6.03. The molecule has 0 saturated carbocycles. The standard InChI is InChI=1S/C19H26ClN5O2.HI/c1-4-21-19(23-12-18-24-13(2)14(3)27-18)22-11-5-6-17(26)25-16-9-7-15(20)8-10-16;/h7-10H,4-6,11-12H2,1-3H3,(H,25,26)(H2,21,22,23);1H. The summed E-state index contributed by atoms with van der Waals surface area (Å²) in [5.41, 5.74) is 1.62. The predicted octanol–water partition coefficient (Wildman–Crippen LogP) is 4.04. The summed E-state index contributed by atoms with van der Waals surface area (Å²) >= 11 is 5.83. The van der Waals surface area contributed by atoms with Crippen LogP contribution in [-0.2, 0) is 11.3 Å². The number of aryl methyl sites for hydroxylation is 2. The van der Waals surface area contributed by atoms with E-state index in [1.807, 2.05) is 20.8 Å². The molecule has 7 nitrogen and oxygen atoms in total. The van der Waals surface area contributed by atoms with Crippen LogP contribution in [0.1, 0.15) is 37.1 Å². The summed E-state index contributed by atoms with van der Waals surface area (Å²) < 4.78 is 5.53. The zero-order valence-electron chi connectivity index (χ0n) is 16.3. The van der Waals surface area contributed by atoms with Crippen LogP contribution >= 0.6 is 35.6 Å². The van der Waals surface area contributed by atoms with Crippen LogP contribution in [0.15, 0.2) is 33.7 Å². The Morgan fingerprint density at radius 2 is 1.93 bits per heavy atom. The van der Waals surface area contributed by atoms with Crippen molar-refractivity contribution in [2.75, 3.05) is 18.4 Å². The average Bonchev–Trinajstić information content (AvgIpc) is 2.96. The first kappa shape index (κ1) is 24.2. The van der Waals surface area contributed by atoms with Gasteiger partial charge in [-0.1, -0.05) is 11.6 Å². The largest absolute Gasteiger partial charge is 0.444 e. The highest BCUT2D eigenvalue weighted by Gasteiger charge is 2.06. The van der Waals surface area contributed by atoms with Crippen LogP contribution in [0.4, 0.5) is 5.69 Å². The third-order valence-corrected chi connectivity index (χ3v) is 4.04. The molecule has 1 amide bonds. The van der Waals surface area contributed by atoms with Gasteiger partial charge in [-0.2, -0.15) is 0 Å². The number of benzene rings is 1. The molecule has 0 saturated heterocycles. The smallest absolute Gasteiger partial charge is 0.224 e. The van der Waals surface area contributed by atoms with Gasteiger partial charge in [-0.05, 0) is 51.5 Å². The first-order valence-electron chi connectivity index (χ1n) is 8.98. The lowest BCUT2D eigenvalue weighted by Gasteiger charge is -2.11. The van der Waals surface area contributed by atoms with Crippen molar-refractivity contribution in [2.45, 2.75) is 40.2 Å². The fourth-order valence-electron chi connectivity index (χ4n) is 2.31. The van der Waals surface area contributed by atoms with Crippen molar-refractivity contribution < 1.29 is 9.21 Å². The van der Waals surface area contributed by atoms with E-state index in [0.717, 1.165) is 23.7 Å². The maximum atomic E-state index is 12.0. The Labute approximate surface area is 187 Å². The van der Waals surface area contributed by atoms with Gasteiger partial charge in [0.15, 0.2) is 5.96 Å². The van der Waals surface area contributed by atoms with Gasteiger partial charge in [0.1, 0.15) is 12.3 Å². The molecule has 0 spiro atoms. The Kier molecular flexibility index (Phi) is 10.9. The number of anilines is 1. The third-order valence-electron chi connectivity index (χ3n) is 3.79. The molecular weight excluding hydrogens is 493 g/mol. The summed E-state index contributed by atoms with van der Waals surface area (Å²) in [6.45, 7) is 7.52. The van der Waals surface area contributed by atoms with Gasteiger partial charge in [0.25, 0.3) is 0 Å². The molecule has 154 valence electrons. The lowest BCUT2D eigenvalue weighted by atomic mass is 10.2. The highest BCUT2D eigenvalue weighted by Crippen LogP contribution is 2.13. The van der Waals surface area contributed by atoms with E-state index in [4.69, 9.17) is 16.0 Å². The molecule has 1 aromatic carbocycles. The summed E-state index contributed by atoms with van der Waals surface area (Å²) in [6, 6.07) is 7.05. The zero-order valence-corrected chi connectivity index (χ0v) is 19.4. The van der Waals surface area contributed by atoms with Crippen LogP contribution in [0.3, 0.4) is 0 Å². The van der Waals surface area contributed by atoms with Gasteiger partial charge in [0.05, 0.1) is 5.69 Å².